The fourth-order valence-corrected chi connectivity index (χ4v) is 2.71. The second-order valence-electron chi connectivity index (χ2n) is 4.18. The van der Waals surface area contributed by atoms with Crippen molar-refractivity contribution in [1.82, 2.24) is 4.98 Å². The van der Waals surface area contributed by atoms with Crippen LogP contribution in [0, 0.1) is 17.5 Å². The zero-order valence-electron chi connectivity index (χ0n) is 10.4. The highest BCUT2D eigenvalue weighted by Gasteiger charge is 2.18. The van der Waals surface area contributed by atoms with Crippen LogP contribution in [0.15, 0.2) is 36.4 Å². The van der Waals surface area contributed by atoms with E-state index < -0.39 is 28.9 Å². The number of hydrogen-bond donors (Lipinski definition) is 1. The smallest absolute Gasteiger partial charge is 0.263 e. The topological polar surface area (TPSA) is 42.0 Å². The lowest BCUT2D eigenvalue weighted by molar-refractivity contribution is 0.101. The van der Waals surface area contributed by atoms with Crippen LogP contribution in [0.3, 0.4) is 0 Å². The molecule has 0 aliphatic heterocycles. The lowest BCUT2D eigenvalue weighted by Crippen LogP contribution is -2.15. The summed E-state index contributed by atoms with van der Waals surface area (Å²) in [6, 6.07) is 7.12. The van der Waals surface area contributed by atoms with Crippen LogP contribution in [0.4, 0.5) is 18.3 Å². The second kappa shape index (κ2) is 5.17. The molecule has 106 valence electrons. The molecule has 21 heavy (non-hydrogen) atoms. The number of rotatable bonds is 2. The summed E-state index contributed by atoms with van der Waals surface area (Å²) in [4.78, 5) is 16.0. The van der Waals surface area contributed by atoms with Gasteiger partial charge < -0.3 is 0 Å². The quantitative estimate of drug-likeness (QED) is 0.778. The number of fused-ring (bicyclic) bond motifs is 1. The van der Waals surface area contributed by atoms with Gasteiger partial charge in [-0.25, -0.2) is 18.2 Å². The van der Waals surface area contributed by atoms with Crippen molar-refractivity contribution in [2.75, 3.05) is 5.32 Å². The minimum absolute atomic E-state index is 0.142. The van der Waals surface area contributed by atoms with Gasteiger partial charge in [0, 0.05) is 0 Å². The maximum Gasteiger partial charge on any atom is 0.263 e. The first kappa shape index (κ1) is 13.6. The number of halogens is 3. The van der Waals surface area contributed by atoms with Gasteiger partial charge in [0.2, 0.25) is 0 Å². The zero-order chi connectivity index (χ0) is 15.0. The summed E-state index contributed by atoms with van der Waals surface area (Å²) >= 11 is 1.02. The molecule has 3 aromatic rings. The van der Waals surface area contributed by atoms with Gasteiger partial charge in [-0.2, -0.15) is 0 Å². The van der Waals surface area contributed by atoms with E-state index >= 15 is 0 Å². The summed E-state index contributed by atoms with van der Waals surface area (Å²) in [7, 11) is 0. The molecule has 7 heteroatoms. The van der Waals surface area contributed by atoms with Gasteiger partial charge in [0.1, 0.15) is 23.0 Å². The lowest BCUT2D eigenvalue weighted by Gasteiger charge is -2.03. The van der Waals surface area contributed by atoms with Gasteiger partial charge >= 0.3 is 0 Å². The van der Waals surface area contributed by atoms with Gasteiger partial charge in [0.05, 0.1) is 10.2 Å². The summed E-state index contributed by atoms with van der Waals surface area (Å²) in [5.41, 5.74) is -0.186. The Bertz CT molecular complexity index is 827. The Morgan fingerprint density at radius 3 is 2.52 bits per heavy atom. The minimum Gasteiger partial charge on any atom is -0.298 e. The van der Waals surface area contributed by atoms with E-state index in [0.29, 0.717) is 10.2 Å². The molecule has 1 amide bonds. The van der Waals surface area contributed by atoms with Crippen molar-refractivity contribution in [1.29, 1.82) is 0 Å². The molecular weight excluding hydrogens is 301 g/mol. The van der Waals surface area contributed by atoms with Crippen molar-refractivity contribution < 1.29 is 18.0 Å². The Balaban J connectivity index is 1.93. The Morgan fingerprint density at radius 2 is 1.81 bits per heavy atom. The molecule has 0 spiro atoms. The molecule has 0 fully saturated rings. The predicted molar refractivity (Wildman–Crippen MR) is 73.9 cm³/mol. The summed E-state index contributed by atoms with van der Waals surface area (Å²) < 4.78 is 40.6. The van der Waals surface area contributed by atoms with Crippen LogP contribution < -0.4 is 5.32 Å². The third-order valence-electron chi connectivity index (χ3n) is 2.76. The highest BCUT2D eigenvalue weighted by Crippen LogP contribution is 2.27. The standard InChI is InChI=1S/C14H7F3N2OS/c15-7-4-5-10-11(6-7)21-14(18-10)19-13(20)12-8(16)2-1-3-9(12)17/h1-6H,(H,18,19,20). The number of thiazole rings is 1. The van der Waals surface area contributed by atoms with Crippen LogP contribution in [0.1, 0.15) is 10.4 Å². The van der Waals surface area contributed by atoms with E-state index in [1.165, 1.54) is 24.3 Å². The number of nitrogens with zero attached hydrogens (tertiary/aromatic N) is 1. The number of carbonyl (C=O) groups is 1. The van der Waals surface area contributed by atoms with Crippen molar-refractivity contribution >= 4 is 32.6 Å². The largest absolute Gasteiger partial charge is 0.298 e. The number of aromatic nitrogens is 1. The Labute approximate surface area is 121 Å². The Kier molecular flexibility index (Phi) is 3.34. The maximum absolute atomic E-state index is 13.5. The van der Waals surface area contributed by atoms with Crippen LogP contribution in [-0.2, 0) is 0 Å². The Morgan fingerprint density at radius 1 is 1.10 bits per heavy atom. The summed E-state index contributed by atoms with van der Waals surface area (Å²) in [6.45, 7) is 0. The van der Waals surface area contributed by atoms with Crippen LogP contribution in [0.5, 0.6) is 0 Å². The fourth-order valence-electron chi connectivity index (χ4n) is 1.83. The van der Waals surface area contributed by atoms with E-state index in [1.54, 1.807) is 0 Å². The summed E-state index contributed by atoms with van der Waals surface area (Å²) in [5.74, 6) is -3.28. The third kappa shape index (κ3) is 2.59. The molecule has 0 saturated carbocycles. The molecule has 3 rings (SSSR count). The van der Waals surface area contributed by atoms with E-state index in [0.717, 1.165) is 23.5 Å². The zero-order valence-corrected chi connectivity index (χ0v) is 11.2. The molecule has 0 saturated heterocycles. The van der Waals surface area contributed by atoms with E-state index in [-0.39, 0.29) is 5.13 Å². The van der Waals surface area contributed by atoms with Gasteiger partial charge in [0.15, 0.2) is 5.13 Å². The Hall–Kier alpha value is -2.41. The maximum atomic E-state index is 13.5. The highest BCUT2D eigenvalue weighted by atomic mass is 32.1. The number of carbonyl (C=O) groups excluding carboxylic acids is 1. The van der Waals surface area contributed by atoms with Crippen molar-refractivity contribution in [3.8, 4) is 0 Å². The van der Waals surface area contributed by atoms with Gasteiger partial charge in [0.25, 0.3) is 5.91 Å². The normalized spacial score (nSPS) is 10.8. The highest BCUT2D eigenvalue weighted by molar-refractivity contribution is 7.22. The van der Waals surface area contributed by atoms with Crippen molar-refractivity contribution in [2.45, 2.75) is 0 Å². The first-order chi connectivity index (χ1) is 10.0. The van der Waals surface area contributed by atoms with Gasteiger partial charge in [-0.3, -0.25) is 10.1 Å². The number of nitrogens with one attached hydrogen (secondary N) is 1. The molecule has 0 atom stereocenters. The van der Waals surface area contributed by atoms with Crippen LogP contribution in [0.25, 0.3) is 10.2 Å². The van der Waals surface area contributed by atoms with E-state index in [9.17, 15) is 18.0 Å². The predicted octanol–water partition coefficient (Wildman–Crippen LogP) is 3.97. The molecule has 0 radical (unpaired) electrons. The SMILES string of the molecule is O=C(Nc1nc2ccc(F)cc2s1)c1c(F)cccc1F. The molecule has 0 bridgehead atoms. The molecule has 0 unspecified atom stereocenters. The fraction of sp³-hybridized carbons (Fsp3) is 0. The lowest BCUT2D eigenvalue weighted by atomic mass is 10.2. The monoisotopic (exact) mass is 308 g/mol. The van der Waals surface area contributed by atoms with Gasteiger partial charge in [-0.1, -0.05) is 17.4 Å². The van der Waals surface area contributed by atoms with Crippen molar-refractivity contribution in [3.05, 3.63) is 59.4 Å². The number of anilines is 1. The molecule has 1 heterocycles. The molecule has 0 aliphatic carbocycles. The first-order valence-electron chi connectivity index (χ1n) is 5.86. The second-order valence-corrected chi connectivity index (χ2v) is 5.21. The number of benzene rings is 2. The molecule has 1 aromatic heterocycles. The van der Waals surface area contributed by atoms with Gasteiger partial charge in [-0.05, 0) is 30.3 Å². The first-order valence-corrected chi connectivity index (χ1v) is 6.68. The summed E-state index contributed by atoms with van der Waals surface area (Å²) in [6.07, 6.45) is 0. The van der Waals surface area contributed by atoms with Crippen molar-refractivity contribution in [3.63, 3.8) is 0 Å². The number of amides is 1. The van der Waals surface area contributed by atoms with Crippen LogP contribution >= 0.6 is 11.3 Å². The van der Waals surface area contributed by atoms with E-state index in [4.69, 9.17) is 0 Å². The molecule has 0 aliphatic rings. The minimum atomic E-state index is -0.959. The van der Waals surface area contributed by atoms with Gasteiger partial charge in [-0.15, -0.1) is 0 Å². The number of hydrogen-bond acceptors (Lipinski definition) is 3. The molecule has 1 N–H and O–H groups in total. The van der Waals surface area contributed by atoms with E-state index in [1.807, 2.05) is 0 Å². The molecule has 2 aromatic carbocycles. The average molecular weight is 308 g/mol. The van der Waals surface area contributed by atoms with Crippen molar-refractivity contribution in [2.24, 2.45) is 0 Å². The molecule has 3 nitrogen and oxygen atoms in total. The van der Waals surface area contributed by atoms with Crippen LogP contribution in [-0.4, -0.2) is 10.9 Å². The van der Waals surface area contributed by atoms with Crippen LogP contribution in [0.2, 0.25) is 0 Å². The average Bonchev–Trinajstić information content (AvgIpc) is 2.79. The third-order valence-corrected chi connectivity index (χ3v) is 3.69. The van der Waals surface area contributed by atoms with E-state index in [2.05, 4.69) is 10.3 Å². The summed E-state index contributed by atoms with van der Waals surface area (Å²) in [5, 5.41) is 2.46. The molecular formula is C14H7F3N2OS.